The maximum absolute atomic E-state index is 12.5. The number of hydrogen-bond acceptors (Lipinski definition) is 4. The minimum atomic E-state index is -0.387. The maximum atomic E-state index is 12.5. The average molecular weight is 380 g/mol. The molecule has 0 unspecified atom stereocenters. The zero-order chi connectivity index (χ0) is 19.0. The highest BCUT2D eigenvalue weighted by molar-refractivity contribution is 6.31. The molecule has 4 aromatic rings. The Morgan fingerprint density at radius 3 is 2.33 bits per heavy atom. The van der Waals surface area contributed by atoms with Crippen LogP contribution in [-0.4, -0.2) is 16.8 Å². The van der Waals surface area contributed by atoms with Crippen molar-refractivity contribution >= 4 is 56.8 Å². The van der Waals surface area contributed by atoms with E-state index in [0.29, 0.717) is 27.6 Å². The number of aromatic nitrogens is 1. The summed E-state index contributed by atoms with van der Waals surface area (Å²) in [6.07, 6.45) is 0. The first-order valence-corrected chi connectivity index (χ1v) is 8.54. The van der Waals surface area contributed by atoms with Gasteiger partial charge in [-0.1, -0.05) is 17.7 Å². The van der Waals surface area contributed by atoms with Crippen molar-refractivity contribution in [3.8, 4) is 0 Å². The van der Waals surface area contributed by atoms with Crippen molar-refractivity contribution in [1.29, 1.82) is 0 Å². The third-order valence-electron chi connectivity index (χ3n) is 3.95. The van der Waals surface area contributed by atoms with Gasteiger partial charge in [-0.25, -0.2) is 4.98 Å². The summed E-state index contributed by atoms with van der Waals surface area (Å²) >= 11 is 6.00. The lowest BCUT2D eigenvalue weighted by molar-refractivity contribution is -0.114. The van der Waals surface area contributed by atoms with E-state index in [0.717, 1.165) is 10.8 Å². The quantitative estimate of drug-likeness (QED) is 0.533. The molecule has 0 radical (unpaired) electrons. The van der Waals surface area contributed by atoms with E-state index in [2.05, 4.69) is 15.6 Å². The molecule has 7 heteroatoms. The molecule has 134 valence electrons. The van der Waals surface area contributed by atoms with Crippen LogP contribution in [0.1, 0.15) is 17.5 Å². The molecule has 0 aliphatic rings. The Balaban J connectivity index is 1.58. The van der Waals surface area contributed by atoms with Crippen LogP contribution in [0, 0.1) is 0 Å². The van der Waals surface area contributed by atoms with Crippen LogP contribution in [0.5, 0.6) is 0 Å². The van der Waals surface area contributed by atoms with Crippen LogP contribution < -0.4 is 10.6 Å². The van der Waals surface area contributed by atoms with Gasteiger partial charge in [0.25, 0.3) is 5.91 Å². The molecule has 0 fully saturated rings. The minimum Gasteiger partial charge on any atom is -0.433 e. The van der Waals surface area contributed by atoms with Gasteiger partial charge in [0.05, 0.1) is 5.52 Å². The number of benzene rings is 2. The van der Waals surface area contributed by atoms with Gasteiger partial charge in [-0.05, 0) is 48.5 Å². The summed E-state index contributed by atoms with van der Waals surface area (Å²) in [6.45, 7) is 1.43. The predicted molar refractivity (Wildman–Crippen MR) is 105 cm³/mol. The van der Waals surface area contributed by atoms with Crippen molar-refractivity contribution in [1.82, 2.24) is 4.98 Å². The molecule has 2 aromatic carbocycles. The van der Waals surface area contributed by atoms with E-state index in [1.165, 1.54) is 6.92 Å². The Morgan fingerprint density at radius 2 is 1.63 bits per heavy atom. The van der Waals surface area contributed by atoms with Gasteiger partial charge in [0.1, 0.15) is 0 Å². The van der Waals surface area contributed by atoms with Crippen LogP contribution in [0.25, 0.3) is 22.0 Å². The number of carbonyl (C=O) groups is 2. The van der Waals surface area contributed by atoms with E-state index in [1.807, 2.05) is 12.1 Å². The number of halogens is 1. The highest BCUT2D eigenvalue weighted by atomic mass is 35.5. The highest BCUT2D eigenvalue weighted by Gasteiger charge is 2.14. The number of nitrogens with zero attached hydrogens (tertiary/aromatic N) is 1. The molecule has 2 amide bonds. The zero-order valence-corrected chi connectivity index (χ0v) is 15.0. The number of rotatable bonds is 3. The van der Waals surface area contributed by atoms with Crippen LogP contribution in [0.3, 0.4) is 0 Å². The summed E-state index contributed by atoms with van der Waals surface area (Å²) in [5.41, 5.74) is 2.30. The largest absolute Gasteiger partial charge is 0.433 e. The van der Waals surface area contributed by atoms with Crippen molar-refractivity contribution in [2.45, 2.75) is 6.92 Å². The predicted octanol–water partition coefficient (Wildman–Crippen LogP) is 4.85. The molecular weight excluding hydrogens is 366 g/mol. The molecule has 27 heavy (non-hydrogen) atoms. The lowest BCUT2D eigenvalue weighted by atomic mass is 10.2. The second-order valence-corrected chi connectivity index (χ2v) is 6.48. The van der Waals surface area contributed by atoms with Crippen molar-refractivity contribution in [2.24, 2.45) is 0 Å². The molecular formula is C20H14ClN3O3. The Morgan fingerprint density at radius 1 is 0.926 bits per heavy atom. The Hall–Kier alpha value is -3.38. The summed E-state index contributed by atoms with van der Waals surface area (Å²) in [4.78, 5) is 27.9. The topological polar surface area (TPSA) is 84.2 Å². The molecule has 0 aliphatic heterocycles. The van der Waals surface area contributed by atoms with Gasteiger partial charge in [0.15, 0.2) is 5.76 Å². The number of anilines is 2. The Bertz CT molecular complexity index is 1180. The van der Waals surface area contributed by atoms with Gasteiger partial charge in [0.2, 0.25) is 11.6 Å². The first-order chi connectivity index (χ1) is 13.0. The van der Waals surface area contributed by atoms with Crippen molar-refractivity contribution in [2.75, 3.05) is 10.6 Å². The fraction of sp³-hybridized carbons (Fsp3) is 0.0500. The molecule has 0 atom stereocenters. The van der Waals surface area contributed by atoms with Gasteiger partial charge < -0.3 is 15.1 Å². The Labute approximate surface area is 159 Å². The van der Waals surface area contributed by atoms with Crippen LogP contribution >= 0.6 is 11.6 Å². The number of fused-ring (bicyclic) bond motifs is 2. The van der Waals surface area contributed by atoms with Crippen LogP contribution in [0.2, 0.25) is 5.02 Å². The first-order valence-electron chi connectivity index (χ1n) is 8.17. The normalized spacial score (nSPS) is 10.9. The van der Waals surface area contributed by atoms with Crippen LogP contribution in [0.4, 0.5) is 11.4 Å². The summed E-state index contributed by atoms with van der Waals surface area (Å²) in [5.74, 6) is -0.387. The van der Waals surface area contributed by atoms with Gasteiger partial charge in [-0.2, -0.15) is 0 Å². The second-order valence-electron chi connectivity index (χ2n) is 6.04. The van der Waals surface area contributed by atoms with E-state index < -0.39 is 0 Å². The van der Waals surface area contributed by atoms with Crippen molar-refractivity contribution < 1.29 is 14.0 Å². The fourth-order valence-corrected chi connectivity index (χ4v) is 2.91. The van der Waals surface area contributed by atoms with E-state index in [4.69, 9.17) is 16.0 Å². The molecule has 2 heterocycles. The molecule has 0 saturated carbocycles. The van der Waals surface area contributed by atoms with E-state index >= 15 is 0 Å². The minimum absolute atomic E-state index is 0.157. The summed E-state index contributed by atoms with van der Waals surface area (Å²) in [7, 11) is 0. The van der Waals surface area contributed by atoms with Gasteiger partial charge >= 0.3 is 0 Å². The van der Waals surface area contributed by atoms with Gasteiger partial charge in [-0.3, -0.25) is 9.59 Å². The van der Waals surface area contributed by atoms with Crippen molar-refractivity contribution in [3.63, 3.8) is 0 Å². The van der Waals surface area contributed by atoms with E-state index in [1.54, 1.807) is 42.5 Å². The van der Waals surface area contributed by atoms with Crippen molar-refractivity contribution in [3.05, 3.63) is 65.4 Å². The molecule has 2 aromatic heterocycles. The second kappa shape index (κ2) is 6.74. The Kier molecular flexibility index (Phi) is 4.25. The summed E-state index contributed by atoms with van der Waals surface area (Å²) in [6, 6.07) is 15.7. The molecule has 0 saturated heterocycles. The lowest BCUT2D eigenvalue weighted by Gasteiger charge is -2.05. The number of carbonyl (C=O) groups excluding carboxylic acids is 2. The SMILES string of the molecule is CC(=O)Nc1ccc(NC(=O)c2cc3cc4ccc(Cl)cc4nc3o2)cc1. The zero-order valence-electron chi connectivity index (χ0n) is 14.2. The molecule has 0 aliphatic carbocycles. The maximum Gasteiger partial charge on any atom is 0.291 e. The number of pyridine rings is 1. The summed E-state index contributed by atoms with van der Waals surface area (Å²) < 4.78 is 5.60. The molecule has 2 N–H and O–H groups in total. The number of amides is 2. The number of furan rings is 1. The lowest BCUT2D eigenvalue weighted by Crippen LogP contribution is -2.11. The molecule has 4 rings (SSSR count). The average Bonchev–Trinajstić information content (AvgIpc) is 3.04. The van der Waals surface area contributed by atoms with Crippen LogP contribution in [-0.2, 0) is 4.79 Å². The standard InChI is InChI=1S/C20H14ClN3O3/c1-11(25)22-15-4-6-16(7-5-15)23-19(26)18-9-13-8-12-2-3-14(21)10-17(12)24-20(13)27-18/h2-10H,1H3,(H,22,25)(H,23,26). The smallest absolute Gasteiger partial charge is 0.291 e. The van der Waals surface area contributed by atoms with Gasteiger partial charge in [0, 0.05) is 34.1 Å². The first kappa shape index (κ1) is 17.1. The third kappa shape index (κ3) is 3.61. The van der Waals surface area contributed by atoms with E-state index in [9.17, 15) is 9.59 Å². The molecule has 6 nitrogen and oxygen atoms in total. The summed E-state index contributed by atoms with van der Waals surface area (Å²) in [5, 5.41) is 7.65. The molecule has 0 bridgehead atoms. The fourth-order valence-electron chi connectivity index (χ4n) is 2.74. The van der Waals surface area contributed by atoms with Gasteiger partial charge in [-0.15, -0.1) is 0 Å². The van der Waals surface area contributed by atoms with Crippen LogP contribution in [0.15, 0.2) is 59.0 Å². The highest BCUT2D eigenvalue weighted by Crippen LogP contribution is 2.25. The number of nitrogens with one attached hydrogen (secondary N) is 2. The molecule has 0 spiro atoms. The van der Waals surface area contributed by atoms with E-state index in [-0.39, 0.29) is 17.6 Å². The monoisotopic (exact) mass is 379 g/mol. The third-order valence-corrected chi connectivity index (χ3v) is 4.19. The number of hydrogen-bond donors (Lipinski definition) is 2.